The first-order valence-corrected chi connectivity index (χ1v) is 13.7. The van der Waals surface area contributed by atoms with Crippen molar-refractivity contribution in [1.82, 2.24) is 4.98 Å². The van der Waals surface area contributed by atoms with Crippen molar-refractivity contribution in [3.63, 3.8) is 0 Å². The van der Waals surface area contributed by atoms with Gasteiger partial charge in [-0.15, -0.1) is 0 Å². The van der Waals surface area contributed by atoms with Crippen LogP contribution in [0, 0.1) is 0 Å². The zero-order valence-corrected chi connectivity index (χ0v) is 21.9. The molecule has 8 rings (SSSR count). The molecule has 0 fully saturated rings. The van der Waals surface area contributed by atoms with Crippen LogP contribution < -0.4 is 0 Å². The standard InChI is InChI=1S/C39H25N/c1-3-15-28-26(11-1)13-9-21-30(28)31-17-5-6-18-33(31)39-35-20-8-7-19-34(35)38(36-23-24-40-25-37(36)39)32-22-10-14-27-12-2-4-16-29(27)32/h1-25H. The van der Waals surface area contributed by atoms with Crippen LogP contribution in [-0.4, -0.2) is 4.98 Å². The molecule has 0 unspecified atom stereocenters. The molecule has 0 saturated heterocycles. The molecule has 0 aliphatic heterocycles. The Kier molecular flexibility index (Phi) is 5.21. The maximum absolute atomic E-state index is 4.66. The van der Waals surface area contributed by atoms with E-state index in [0.717, 1.165) is 5.39 Å². The van der Waals surface area contributed by atoms with E-state index < -0.39 is 0 Å². The summed E-state index contributed by atoms with van der Waals surface area (Å²) in [7, 11) is 0. The predicted molar refractivity (Wildman–Crippen MR) is 171 cm³/mol. The average Bonchev–Trinajstić information content (AvgIpc) is 3.03. The van der Waals surface area contributed by atoms with Crippen molar-refractivity contribution >= 4 is 43.1 Å². The van der Waals surface area contributed by atoms with Crippen LogP contribution in [0.4, 0.5) is 0 Å². The van der Waals surface area contributed by atoms with Gasteiger partial charge in [-0.05, 0) is 77.2 Å². The minimum absolute atomic E-state index is 1.16. The highest BCUT2D eigenvalue weighted by atomic mass is 14.6. The van der Waals surface area contributed by atoms with E-state index in [1.807, 2.05) is 12.4 Å². The molecule has 1 aromatic heterocycles. The maximum atomic E-state index is 4.66. The minimum atomic E-state index is 1.16. The molecule has 0 aliphatic rings. The molecule has 0 saturated carbocycles. The van der Waals surface area contributed by atoms with Crippen LogP contribution in [0.1, 0.15) is 0 Å². The first-order valence-electron chi connectivity index (χ1n) is 13.7. The van der Waals surface area contributed by atoms with Gasteiger partial charge in [-0.2, -0.15) is 0 Å². The molecule has 0 radical (unpaired) electrons. The van der Waals surface area contributed by atoms with E-state index in [-0.39, 0.29) is 0 Å². The highest BCUT2D eigenvalue weighted by molar-refractivity contribution is 6.24. The number of aromatic nitrogens is 1. The smallest absolute Gasteiger partial charge is 0.0353 e. The largest absolute Gasteiger partial charge is 0.264 e. The van der Waals surface area contributed by atoms with Crippen molar-refractivity contribution in [2.75, 3.05) is 0 Å². The lowest BCUT2D eigenvalue weighted by atomic mass is 9.83. The summed E-state index contributed by atoms with van der Waals surface area (Å²) >= 11 is 0. The van der Waals surface area contributed by atoms with Gasteiger partial charge in [-0.1, -0.05) is 133 Å². The van der Waals surface area contributed by atoms with Gasteiger partial charge in [-0.25, -0.2) is 0 Å². The fraction of sp³-hybridized carbons (Fsp3) is 0. The Hall–Kier alpha value is -5.27. The highest BCUT2D eigenvalue weighted by Crippen LogP contribution is 2.47. The van der Waals surface area contributed by atoms with Crippen LogP contribution in [-0.2, 0) is 0 Å². The summed E-state index contributed by atoms with van der Waals surface area (Å²) in [5, 5.41) is 9.88. The molecule has 1 heterocycles. The molecule has 0 spiro atoms. The van der Waals surface area contributed by atoms with E-state index in [1.54, 1.807) is 0 Å². The Bertz CT molecular complexity index is 2160. The molecular weight excluding hydrogens is 482 g/mol. The molecule has 0 aliphatic carbocycles. The number of nitrogens with zero attached hydrogens (tertiary/aromatic N) is 1. The number of pyridine rings is 1. The normalized spacial score (nSPS) is 11.5. The van der Waals surface area contributed by atoms with Gasteiger partial charge in [0.05, 0.1) is 0 Å². The number of hydrogen-bond acceptors (Lipinski definition) is 1. The molecular formula is C39H25N. The highest BCUT2D eigenvalue weighted by Gasteiger charge is 2.20. The van der Waals surface area contributed by atoms with Gasteiger partial charge < -0.3 is 0 Å². The third kappa shape index (κ3) is 3.45. The molecule has 0 amide bonds. The Balaban J connectivity index is 1.52. The fourth-order valence-corrected chi connectivity index (χ4v) is 6.44. The van der Waals surface area contributed by atoms with Crippen LogP contribution in [0.3, 0.4) is 0 Å². The molecule has 7 aromatic carbocycles. The molecule has 1 heteroatoms. The van der Waals surface area contributed by atoms with E-state index in [4.69, 9.17) is 0 Å². The van der Waals surface area contributed by atoms with Crippen molar-refractivity contribution < 1.29 is 0 Å². The van der Waals surface area contributed by atoms with Crippen molar-refractivity contribution in [3.05, 3.63) is 152 Å². The summed E-state index contributed by atoms with van der Waals surface area (Å²) in [5.41, 5.74) is 7.43. The lowest BCUT2D eigenvalue weighted by Crippen LogP contribution is -1.94. The maximum Gasteiger partial charge on any atom is 0.0353 e. The van der Waals surface area contributed by atoms with E-state index in [9.17, 15) is 0 Å². The predicted octanol–water partition coefficient (Wildman–Crippen LogP) is 10.7. The zero-order valence-electron chi connectivity index (χ0n) is 21.9. The number of hydrogen-bond donors (Lipinski definition) is 0. The van der Waals surface area contributed by atoms with Crippen molar-refractivity contribution in [1.29, 1.82) is 0 Å². The first-order chi connectivity index (χ1) is 19.9. The van der Waals surface area contributed by atoms with Crippen LogP contribution in [0.25, 0.3) is 76.5 Å². The number of benzene rings is 7. The summed E-state index contributed by atoms with van der Waals surface area (Å²) < 4.78 is 0. The Morgan fingerprint density at radius 3 is 1.45 bits per heavy atom. The number of fused-ring (bicyclic) bond motifs is 4. The molecule has 40 heavy (non-hydrogen) atoms. The van der Waals surface area contributed by atoms with Gasteiger partial charge >= 0.3 is 0 Å². The van der Waals surface area contributed by atoms with Gasteiger partial charge in [0.25, 0.3) is 0 Å². The van der Waals surface area contributed by atoms with Crippen molar-refractivity contribution in [3.8, 4) is 33.4 Å². The fourth-order valence-electron chi connectivity index (χ4n) is 6.44. The van der Waals surface area contributed by atoms with Crippen molar-refractivity contribution in [2.45, 2.75) is 0 Å². The van der Waals surface area contributed by atoms with Gasteiger partial charge in [0.1, 0.15) is 0 Å². The molecule has 186 valence electrons. The average molecular weight is 508 g/mol. The quantitative estimate of drug-likeness (QED) is 0.217. The summed E-state index contributed by atoms with van der Waals surface area (Å²) in [6.07, 6.45) is 3.97. The van der Waals surface area contributed by atoms with Crippen molar-refractivity contribution in [2.24, 2.45) is 0 Å². The lowest BCUT2D eigenvalue weighted by molar-refractivity contribution is 1.37. The molecule has 0 bridgehead atoms. The summed E-state index contributed by atoms with van der Waals surface area (Å²) in [6.45, 7) is 0. The second-order valence-corrected chi connectivity index (χ2v) is 10.3. The SMILES string of the molecule is c1ccc(-c2c3ccccc3c(-c3cccc4ccccc34)c3ccncc23)c(-c2cccc3ccccc23)c1. The Labute approximate surface area is 233 Å². The summed E-state index contributed by atoms with van der Waals surface area (Å²) in [6, 6.07) is 50.4. The van der Waals surface area contributed by atoms with Gasteiger partial charge in [0, 0.05) is 17.8 Å². The first kappa shape index (κ1) is 22.7. The van der Waals surface area contributed by atoms with Crippen LogP contribution in [0.2, 0.25) is 0 Å². The van der Waals surface area contributed by atoms with E-state index in [0.29, 0.717) is 0 Å². The Morgan fingerprint density at radius 1 is 0.300 bits per heavy atom. The third-order valence-electron chi connectivity index (χ3n) is 8.16. The summed E-state index contributed by atoms with van der Waals surface area (Å²) in [5.74, 6) is 0. The molecule has 1 nitrogen and oxygen atoms in total. The van der Waals surface area contributed by atoms with E-state index in [1.165, 1.54) is 71.1 Å². The van der Waals surface area contributed by atoms with Crippen LogP contribution >= 0.6 is 0 Å². The zero-order chi connectivity index (χ0) is 26.5. The van der Waals surface area contributed by atoms with Gasteiger partial charge in [-0.3, -0.25) is 4.98 Å². The van der Waals surface area contributed by atoms with E-state index in [2.05, 4.69) is 145 Å². The second kappa shape index (κ2) is 9.18. The monoisotopic (exact) mass is 507 g/mol. The molecule has 0 N–H and O–H groups in total. The second-order valence-electron chi connectivity index (χ2n) is 10.3. The van der Waals surface area contributed by atoms with Gasteiger partial charge in [0.15, 0.2) is 0 Å². The van der Waals surface area contributed by atoms with E-state index >= 15 is 0 Å². The third-order valence-corrected chi connectivity index (χ3v) is 8.16. The topological polar surface area (TPSA) is 12.9 Å². The van der Waals surface area contributed by atoms with Crippen LogP contribution in [0.5, 0.6) is 0 Å². The molecule has 8 aromatic rings. The number of rotatable bonds is 3. The van der Waals surface area contributed by atoms with Gasteiger partial charge in [0.2, 0.25) is 0 Å². The Morgan fingerprint density at radius 2 is 0.750 bits per heavy atom. The minimum Gasteiger partial charge on any atom is -0.264 e. The summed E-state index contributed by atoms with van der Waals surface area (Å²) in [4.78, 5) is 4.66. The molecule has 0 atom stereocenters. The van der Waals surface area contributed by atoms with Crippen LogP contribution in [0.15, 0.2) is 152 Å². The lowest BCUT2D eigenvalue weighted by Gasteiger charge is -2.20.